The summed E-state index contributed by atoms with van der Waals surface area (Å²) in [5.41, 5.74) is 2.08. The third-order valence-corrected chi connectivity index (χ3v) is 2.96. The number of carbonyl (C=O) groups is 1. The monoisotopic (exact) mass is 237 g/mol. The summed E-state index contributed by atoms with van der Waals surface area (Å²) in [6.45, 7) is 1.49. The van der Waals surface area contributed by atoms with Crippen LogP contribution in [0.15, 0.2) is 6.07 Å². The molecule has 0 fully saturated rings. The van der Waals surface area contributed by atoms with Gasteiger partial charge in [0.15, 0.2) is 0 Å². The Labute approximate surface area is 99.3 Å². The molecule has 0 saturated carbocycles. The van der Waals surface area contributed by atoms with Crippen LogP contribution < -0.4 is 14.8 Å². The highest BCUT2D eigenvalue weighted by Gasteiger charge is 2.24. The summed E-state index contributed by atoms with van der Waals surface area (Å²) in [5, 5.41) is 12.4. The molecule has 0 aliphatic carbocycles. The van der Waals surface area contributed by atoms with Crippen LogP contribution in [-0.4, -0.2) is 31.8 Å². The Morgan fingerprint density at radius 3 is 2.71 bits per heavy atom. The fraction of sp³-hybridized carbons (Fsp3) is 0.417. The van der Waals surface area contributed by atoms with Gasteiger partial charge in [0.25, 0.3) is 0 Å². The van der Waals surface area contributed by atoms with Crippen molar-refractivity contribution in [1.82, 2.24) is 5.32 Å². The Kier molecular flexibility index (Phi) is 3.19. The second-order valence-corrected chi connectivity index (χ2v) is 3.85. The van der Waals surface area contributed by atoms with Crippen LogP contribution >= 0.6 is 0 Å². The quantitative estimate of drug-likeness (QED) is 0.822. The molecule has 1 aliphatic rings. The van der Waals surface area contributed by atoms with Gasteiger partial charge in [-0.15, -0.1) is 0 Å². The van der Waals surface area contributed by atoms with Gasteiger partial charge in [-0.05, 0) is 19.0 Å². The zero-order valence-corrected chi connectivity index (χ0v) is 9.87. The first-order valence-corrected chi connectivity index (χ1v) is 5.39. The van der Waals surface area contributed by atoms with E-state index in [0.29, 0.717) is 18.0 Å². The first-order chi connectivity index (χ1) is 8.19. The molecule has 0 bridgehead atoms. The van der Waals surface area contributed by atoms with Crippen molar-refractivity contribution in [2.45, 2.75) is 13.0 Å². The number of ether oxygens (including phenoxy) is 2. The first-order valence-electron chi connectivity index (χ1n) is 5.39. The summed E-state index contributed by atoms with van der Waals surface area (Å²) >= 11 is 0. The van der Waals surface area contributed by atoms with E-state index in [9.17, 15) is 4.79 Å². The van der Waals surface area contributed by atoms with Gasteiger partial charge in [0.2, 0.25) is 0 Å². The van der Waals surface area contributed by atoms with Crippen molar-refractivity contribution in [1.29, 1.82) is 0 Å². The molecule has 0 atom stereocenters. The van der Waals surface area contributed by atoms with E-state index in [0.717, 1.165) is 24.1 Å². The van der Waals surface area contributed by atoms with Gasteiger partial charge in [-0.2, -0.15) is 0 Å². The van der Waals surface area contributed by atoms with Crippen molar-refractivity contribution in [3.8, 4) is 11.5 Å². The predicted molar refractivity (Wildman–Crippen MR) is 61.9 cm³/mol. The number of rotatable bonds is 3. The normalized spacial score (nSPS) is 14.0. The second kappa shape index (κ2) is 4.63. The molecular formula is C12H15NO4. The van der Waals surface area contributed by atoms with Crippen molar-refractivity contribution in [3.63, 3.8) is 0 Å². The standard InChI is InChI=1S/C12H15NO4/c1-16-10-5-8(12(14)15)11(17-2)7-3-4-13-6-9(7)10/h5,13H,3-4,6H2,1-2H3,(H,14,15). The molecule has 2 rings (SSSR count). The Morgan fingerprint density at radius 1 is 1.35 bits per heavy atom. The van der Waals surface area contributed by atoms with Crippen molar-refractivity contribution in [2.24, 2.45) is 0 Å². The number of hydrogen-bond donors (Lipinski definition) is 2. The maximum atomic E-state index is 11.2. The highest BCUT2D eigenvalue weighted by Crippen LogP contribution is 2.36. The Bertz CT molecular complexity index is 456. The van der Waals surface area contributed by atoms with Crippen LogP contribution in [0.5, 0.6) is 11.5 Å². The zero-order valence-electron chi connectivity index (χ0n) is 9.87. The molecule has 17 heavy (non-hydrogen) atoms. The molecule has 0 amide bonds. The van der Waals surface area contributed by atoms with Crippen LogP contribution in [0.4, 0.5) is 0 Å². The van der Waals surface area contributed by atoms with Gasteiger partial charge in [-0.25, -0.2) is 4.79 Å². The lowest BCUT2D eigenvalue weighted by Crippen LogP contribution is -2.25. The lowest BCUT2D eigenvalue weighted by molar-refractivity contribution is 0.0692. The molecule has 0 unspecified atom stereocenters. The lowest BCUT2D eigenvalue weighted by Gasteiger charge is -2.23. The topological polar surface area (TPSA) is 67.8 Å². The summed E-state index contributed by atoms with van der Waals surface area (Å²) in [6, 6.07) is 1.52. The number of fused-ring (bicyclic) bond motifs is 1. The van der Waals surface area contributed by atoms with Gasteiger partial charge in [0.1, 0.15) is 17.1 Å². The van der Waals surface area contributed by atoms with Crippen LogP contribution in [0.2, 0.25) is 0 Å². The molecule has 1 heterocycles. The number of aromatic carboxylic acids is 1. The molecule has 0 radical (unpaired) electrons. The van der Waals surface area contributed by atoms with E-state index < -0.39 is 5.97 Å². The minimum absolute atomic E-state index is 0.157. The fourth-order valence-electron chi connectivity index (χ4n) is 2.19. The molecule has 1 aromatic rings. The van der Waals surface area contributed by atoms with Crippen molar-refractivity contribution >= 4 is 5.97 Å². The van der Waals surface area contributed by atoms with E-state index in [-0.39, 0.29) is 5.56 Å². The van der Waals surface area contributed by atoms with Crippen LogP contribution in [0.25, 0.3) is 0 Å². The van der Waals surface area contributed by atoms with Crippen molar-refractivity contribution in [2.75, 3.05) is 20.8 Å². The van der Waals surface area contributed by atoms with E-state index in [1.807, 2.05) is 0 Å². The van der Waals surface area contributed by atoms with E-state index in [1.165, 1.54) is 13.2 Å². The highest BCUT2D eigenvalue weighted by atomic mass is 16.5. The van der Waals surface area contributed by atoms with Crippen LogP contribution in [-0.2, 0) is 13.0 Å². The zero-order chi connectivity index (χ0) is 12.4. The van der Waals surface area contributed by atoms with E-state index in [2.05, 4.69) is 5.32 Å². The second-order valence-electron chi connectivity index (χ2n) is 3.85. The SMILES string of the molecule is COc1cc(C(=O)O)c(OC)c2c1CNCC2. The predicted octanol–water partition coefficient (Wildman–Crippen LogP) is 1.05. The van der Waals surface area contributed by atoms with Gasteiger partial charge in [-0.3, -0.25) is 0 Å². The fourth-order valence-corrected chi connectivity index (χ4v) is 2.19. The average Bonchev–Trinajstić information content (AvgIpc) is 2.36. The summed E-state index contributed by atoms with van der Waals surface area (Å²) in [6.07, 6.45) is 0.746. The molecule has 1 aromatic carbocycles. The van der Waals surface area contributed by atoms with Gasteiger partial charge >= 0.3 is 5.97 Å². The van der Waals surface area contributed by atoms with E-state index in [4.69, 9.17) is 14.6 Å². The number of carboxylic acid groups (broad SMARTS) is 1. The molecule has 5 nitrogen and oxygen atoms in total. The van der Waals surface area contributed by atoms with Gasteiger partial charge in [0, 0.05) is 17.7 Å². The number of carboxylic acids is 1. The third kappa shape index (κ3) is 1.93. The van der Waals surface area contributed by atoms with Crippen LogP contribution in [0, 0.1) is 0 Å². The average molecular weight is 237 g/mol. The van der Waals surface area contributed by atoms with Crippen molar-refractivity contribution < 1.29 is 19.4 Å². The Balaban J connectivity index is 2.67. The number of methoxy groups -OCH3 is 2. The highest BCUT2D eigenvalue weighted by molar-refractivity contribution is 5.92. The molecule has 92 valence electrons. The molecule has 0 aromatic heterocycles. The third-order valence-electron chi connectivity index (χ3n) is 2.96. The molecule has 0 saturated heterocycles. The van der Waals surface area contributed by atoms with Crippen molar-refractivity contribution in [3.05, 3.63) is 22.8 Å². The molecule has 2 N–H and O–H groups in total. The molecule has 5 heteroatoms. The number of nitrogens with one attached hydrogen (secondary N) is 1. The largest absolute Gasteiger partial charge is 0.496 e. The van der Waals surface area contributed by atoms with Crippen LogP contribution in [0.3, 0.4) is 0 Å². The summed E-state index contributed by atoms with van der Waals surface area (Å²) in [4.78, 5) is 11.2. The maximum absolute atomic E-state index is 11.2. The number of benzene rings is 1. The summed E-state index contributed by atoms with van der Waals surface area (Å²) < 4.78 is 10.5. The summed E-state index contributed by atoms with van der Waals surface area (Å²) in [5.74, 6) is 0.0571. The van der Waals surface area contributed by atoms with Gasteiger partial charge < -0.3 is 19.9 Å². The summed E-state index contributed by atoms with van der Waals surface area (Å²) in [7, 11) is 3.04. The first kappa shape index (κ1) is 11.7. The Hall–Kier alpha value is -1.75. The van der Waals surface area contributed by atoms with E-state index in [1.54, 1.807) is 7.11 Å². The minimum Gasteiger partial charge on any atom is -0.496 e. The Morgan fingerprint density at radius 2 is 2.12 bits per heavy atom. The molecule has 0 spiro atoms. The smallest absolute Gasteiger partial charge is 0.339 e. The minimum atomic E-state index is -0.999. The van der Waals surface area contributed by atoms with Gasteiger partial charge in [-0.1, -0.05) is 0 Å². The van der Waals surface area contributed by atoms with Gasteiger partial charge in [0.05, 0.1) is 14.2 Å². The molecule has 1 aliphatic heterocycles. The lowest BCUT2D eigenvalue weighted by atomic mass is 9.95. The van der Waals surface area contributed by atoms with E-state index >= 15 is 0 Å². The number of hydrogen-bond acceptors (Lipinski definition) is 4. The molecular weight excluding hydrogens is 222 g/mol. The van der Waals surface area contributed by atoms with Crippen LogP contribution in [0.1, 0.15) is 21.5 Å². The maximum Gasteiger partial charge on any atom is 0.339 e.